The molecule has 0 spiro atoms. The highest BCUT2D eigenvalue weighted by Gasteiger charge is 2.36. The van der Waals surface area contributed by atoms with E-state index >= 15 is 0 Å². The lowest BCUT2D eigenvalue weighted by Crippen LogP contribution is -2.44. The molecule has 3 aromatic heterocycles. The second kappa shape index (κ2) is 8.92. The first kappa shape index (κ1) is 22.0. The fourth-order valence-electron chi connectivity index (χ4n) is 4.58. The first-order valence-corrected chi connectivity index (χ1v) is 11.7. The number of carbonyl (C=O) groups excluding carboxylic acids is 1. The molecule has 6 rings (SSSR count). The fourth-order valence-corrected chi connectivity index (χ4v) is 4.58. The highest BCUT2D eigenvalue weighted by molar-refractivity contribution is 6.04. The monoisotopic (exact) mass is 479 g/mol. The van der Waals surface area contributed by atoms with Crippen LogP contribution in [0.4, 0.5) is 4.39 Å². The lowest BCUT2D eigenvalue weighted by molar-refractivity contribution is 0.0908. The maximum atomic E-state index is 14.9. The van der Waals surface area contributed by atoms with Gasteiger partial charge in [0, 0.05) is 30.6 Å². The molecule has 1 N–H and O–H groups in total. The minimum atomic E-state index is -0.367. The maximum absolute atomic E-state index is 14.9. The van der Waals surface area contributed by atoms with Gasteiger partial charge in [0.15, 0.2) is 5.82 Å². The number of hydrogen-bond donors (Lipinski definition) is 1. The molecule has 0 unspecified atom stereocenters. The van der Waals surface area contributed by atoms with Crippen molar-refractivity contribution in [2.45, 2.75) is 31.7 Å². The largest absolute Gasteiger partial charge is 0.349 e. The van der Waals surface area contributed by atoms with Crippen LogP contribution in [0.2, 0.25) is 0 Å². The maximum Gasteiger partial charge on any atom is 0.253 e. The summed E-state index contributed by atoms with van der Waals surface area (Å²) in [7, 11) is 0. The second-order valence-corrected chi connectivity index (χ2v) is 8.96. The van der Waals surface area contributed by atoms with Crippen LogP contribution in [0.25, 0.3) is 28.2 Å². The normalized spacial score (nSPS) is 17.1. The number of rotatable bonds is 5. The third-order valence-corrected chi connectivity index (χ3v) is 6.50. The number of nitrogens with one attached hydrogen (secondary N) is 1. The Bertz CT molecular complexity index is 1570. The van der Waals surface area contributed by atoms with E-state index in [9.17, 15) is 9.18 Å². The Labute approximate surface area is 206 Å². The molecule has 1 aliphatic carbocycles. The molecule has 9 heteroatoms. The molecule has 0 saturated heterocycles. The molecule has 2 aromatic carbocycles. The van der Waals surface area contributed by atoms with Crippen molar-refractivity contribution in [1.82, 2.24) is 35.0 Å². The van der Waals surface area contributed by atoms with E-state index in [1.165, 1.54) is 6.07 Å². The molecule has 3 heterocycles. The van der Waals surface area contributed by atoms with Crippen LogP contribution in [-0.2, 0) is 0 Å². The Morgan fingerprint density at radius 1 is 0.972 bits per heavy atom. The zero-order valence-electron chi connectivity index (χ0n) is 19.5. The van der Waals surface area contributed by atoms with Crippen molar-refractivity contribution in [1.29, 1.82) is 0 Å². The standard InChI is InChI=1S/C27H22FN7O/c1-16-9-10-22(31-15-16)26-34-33-25(35(26)23-8-3-2-6-20(23)28)17-13-18(14-17)32-27(36)19-5-4-7-21-24(19)30-12-11-29-21/h2-12,15,17-18H,13-14H2,1H3,(H,32,36)/t17-,18-. The molecule has 0 radical (unpaired) electrons. The smallest absolute Gasteiger partial charge is 0.253 e. The number of amides is 1. The lowest BCUT2D eigenvalue weighted by atomic mass is 9.79. The number of aryl methyl sites for hydroxylation is 1. The summed E-state index contributed by atoms with van der Waals surface area (Å²) in [6.45, 7) is 1.96. The van der Waals surface area contributed by atoms with Crippen LogP contribution in [0.3, 0.4) is 0 Å². The number of para-hydroxylation sites is 2. The summed E-state index contributed by atoms with van der Waals surface area (Å²) in [6.07, 6.45) is 6.26. The number of nitrogens with zero attached hydrogens (tertiary/aromatic N) is 6. The second-order valence-electron chi connectivity index (χ2n) is 8.96. The van der Waals surface area contributed by atoms with Crippen molar-refractivity contribution in [2.24, 2.45) is 0 Å². The fraction of sp³-hybridized carbons (Fsp3) is 0.185. The molecule has 36 heavy (non-hydrogen) atoms. The molecule has 1 amide bonds. The number of benzene rings is 2. The van der Waals surface area contributed by atoms with Crippen molar-refractivity contribution < 1.29 is 9.18 Å². The average molecular weight is 480 g/mol. The van der Waals surface area contributed by atoms with Gasteiger partial charge in [0.1, 0.15) is 22.9 Å². The van der Waals surface area contributed by atoms with Gasteiger partial charge < -0.3 is 5.32 Å². The summed E-state index contributed by atoms with van der Waals surface area (Å²) in [6, 6.07) is 15.7. The molecule has 8 nitrogen and oxygen atoms in total. The predicted molar refractivity (Wildman–Crippen MR) is 132 cm³/mol. The SMILES string of the molecule is Cc1ccc(-c2nnc([C@H]3C[C@H](NC(=O)c4cccc5nccnc45)C3)n2-c2ccccc2F)nc1. The van der Waals surface area contributed by atoms with Gasteiger partial charge in [-0.15, -0.1) is 10.2 Å². The molecule has 1 aliphatic rings. The molecule has 1 saturated carbocycles. The Morgan fingerprint density at radius 3 is 2.61 bits per heavy atom. The van der Waals surface area contributed by atoms with Crippen LogP contribution in [0.15, 0.2) is 73.2 Å². The summed E-state index contributed by atoms with van der Waals surface area (Å²) in [5.74, 6) is 0.586. The third kappa shape index (κ3) is 3.88. The highest BCUT2D eigenvalue weighted by Crippen LogP contribution is 2.39. The van der Waals surface area contributed by atoms with Crippen LogP contribution in [0.1, 0.15) is 40.5 Å². The van der Waals surface area contributed by atoms with Gasteiger partial charge in [-0.1, -0.05) is 24.3 Å². The van der Waals surface area contributed by atoms with Gasteiger partial charge in [-0.05, 0) is 55.7 Å². The number of hydrogen-bond acceptors (Lipinski definition) is 6. The topological polar surface area (TPSA) is 98.5 Å². The molecule has 0 atom stereocenters. The summed E-state index contributed by atoms with van der Waals surface area (Å²) in [4.78, 5) is 26.1. The van der Waals surface area contributed by atoms with Crippen LogP contribution in [0, 0.1) is 12.7 Å². The van der Waals surface area contributed by atoms with Gasteiger partial charge in [0.2, 0.25) is 0 Å². The lowest BCUT2D eigenvalue weighted by Gasteiger charge is -2.35. The number of aromatic nitrogens is 6. The van der Waals surface area contributed by atoms with Crippen molar-refractivity contribution >= 4 is 16.9 Å². The summed E-state index contributed by atoms with van der Waals surface area (Å²) >= 11 is 0. The van der Waals surface area contributed by atoms with Crippen LogP contribution >= 0.6 is 0 Å². The van der Waals surface area contributed by atoms with E-state index < -0.39 is 0 Å². The zero-order valence-corrected chi connectivity index (χ0v) is 19.5. The van der Waals surface area contributed by atoms with E-state index in [4.69, 9.17) is 0 Å². The number of carbonyl (C=O) groups is 1. The van der Waals surface area contributed by atoms with Gasteiger partial charge in [-0.2, -0.15) is 0 Å². The summed E-state index contributed by atoms with van der Waals surface area (Å²) in [5.41, 5.74) is 3.74. The van der Waals surface area contributed by atoms with E-state index in [1.807, 2.05) is 25.1 Å². The van der Waals surface area contributed by atoms with Gasteiger partial charge in [0.25, 0.3) is 5.91 Å². The molecule has 0 bridgehead atoms. The predicted octanol–water partition coefficient (Wildman–Crippen LogP) is 4.40. The Balaban J connectivity index is 1.26. The Morgan fingerprint density at radius 2 is 1.81 bits per heavy atom. The molecular formula is C27H22FN7O. The quantitative estimate of drug-likeness (QED) is 0.401. The molecule has 0 aliphatic heterocycles. The van der Waals surface area contributed by atoms with Gasteiger partial charge in [-0.3, -0.25) is 24.3 Å². The van der Waals surface area contributed by atoms with E-state index in [1.54, 1.807) is 53.5 Å². The molecular weight excluding hydrogens is 457 g/mol. The van der Waals surface area contributed by atoms with E-state index in [2.05, 4.69) is 30.5 Å². The number of pyridine rings is 1. The molecule has 5 aromatic rings. The van der Waals surface area contributed by atoms with Gasteiger partial charge in [-0.25, -0.2) is 4.39 Å². The summed E-state index contributed by atoms with van der Waals surface area (Å²) in [5, 5.41) is 11.9. The van der Waals surface area contributed by atoms with Crippen LogP contribution in [0.5, 0.6) is 0 Å². The number of halogens is 1. The summed E-state index contributed by atoms with van der Waals surface area (Å²) < 4.78 is 16.6. The molecule has 1 fully saturated rings. The van der Waals surface area contributed by atoms with Crippen molar-refractivity contribution in [2.75, 3.05) is 0 Å². The van der Waals surface area contributed by atoms with Gasteiger partial charge in [0.05, 0.1) is 16.8 Å². The van der Waals surface area contributed by atoms with Crippen LogP contribution < -0.4 is 5.32 Å². The van der Waals surface area contributed by atoms with Crippen LogP contribution in [-0.4, -0.2) is 41.7 Å². The third-order valence-electron chi connectivity index (χ3n) is 6.50. The first-order chi connectivity index (χ1) is 17.6. The van der Waals surface area contributed by atoms with Crippen molar-refractivity contribution in [3.63, 3.8) is 0 Å². The van der Waals surface area contributed by atoms with E-state index in [0.29, 0.717) is 52.5 Å². The minimum Gasteiger partial charge on any atom is -0.349 e. The Kier molecular flexibility index (Phi) is 5.44. The average Bonchev–Trinajstić information content (AvgIpc) is 3.30. The first-order valence-electron chi connectivity index (χ1n) is 11.7. The van der Waals surface area contributed by atoms with Crippen molar-refractivity contribution in [3.05, 3.63) is 96.0 Å². The Hall–Kier alpha value is -4.53. The number of fused-ring (bicyclic) bond motifs is 1. The highest BCUT2D eigenvalue weighted by atomic mass is 19.1. The van der Waals surface area contributed by atoms with Gasteiger partial charge >= 0.3 is 0 Å². The van der Waals surface area contributed by atoms with E-state index in [-0.39, 0.29) is 23.7 Å². The zero-order chi connectivity index (χ0) is 24.6. The van der Waals surface area contributed by atoms with E-state index in [0.717, 1.165) is 5.56 Å². The molecule has 178 valence electrons. The minimum absolute atomic E-state index is 0.00825. The van der Waals surface area contributed by atoms with Crippen molar-refractivity contribution in [3.8, 4) is 17.2 Å².